The molecule has 0 unspecified atom stereocenters. The average Bonchev–Trinajstić information content (AvgIpc) is 3.17. The monoisotopic (exact) mass is 427 g/mol. The summed E-state index contributed by atoms with van der Waals surface area (Å²) in [5.41, 5.74) is 4.42. The van der Waals surface area contributed by atoms with Gasteiger partial charge in [-0.1, -0.05) is 43.0 Å². The van der Waals surface area contributed by atoms with E-state index in [2.05, 4.69) is 20.9 Å². The number of nitrogens with zero attached hydrogens (tertiary/aromatic N) is 3. The number of aryl methyl sites for hydroxylation is 1. The Balaban J connectivity index is 1.66. The number of rotatable bonds is 6. The molecule has 0 bridgehead atoms. The van der Waals surface area contributed by atoms with E-state index < -0.39 is 11.1 Å². The zero-order valence-electron chi connectivity index (χ0n) is 16.6. The zero-order chi connectivity index (χ0) is 21.1. The average molecular weight is 428 g/mol. The van der Waals surface area contributed by atoms with E-state index >= 15 is 0 Å². The topological polar surface area (TPSA) is 81.1 Å². The highest BCUT2D eigenvalue weighted by atomic mass is 32.2. The molecule has 0 fully saturated rings. The molecule has 1 aliphatic heterocycles. The van der Waals surface area contributed by atoms with Gasteiger partial charge >= 0.3 is 0 Å². The minimum atomic E-state index is -0.580. The van der Waals surface area contributed by atoms with Gasteiger partial charge in [-0.3, -0.25) is 4.79 Å². The molecule has 156 valence electrons. The number of fused-ring (bicyclic) bond motifs is 1. The van der Waals surface area contributed by atoms with Gasteiger partial charge in [-0.15, -0.1) is 10.2 Å². The summed E-state index contributed by atoms with van der Waals surface area (Å²) >= 11 is 1.30. The highest BCUT2D eigenvalue weighted by molar-refractivity contribution is 8.00. The standard InChI is InChI=1S/C21H22FN5O2S/c1-3-17-24-25-21-27(17)26-18(13-9-11-14(12-10-13)29-4-2)19(30-21)20(28)23-16-8-6-5-7-15(16)22/h5-12,18-19,26H,3-4H2,1-2H3,(H,23,28)/t18-,19-/m1/s1. The number of benzene rings is 2. The molecule has 30 heavy (non-hydrogen) atoms. The van der Waals surface area contributed by atoms with Crippen LogP contribution in [0.1, 0.15) is 31.3 Å². The Hall–Kier alpha value is -3.07. The molecule has 4 rings (SSSR count). The lowest BCUT2D eigenvalue weighted by atomic mass is 10.0. The summed E-state index contributed by atoms with van der Waals surface area (Å²) in [6.45, 7) is 4.50. The number of para-hydroxylation sites is 1. The minimum absolute atomic E-state index is 0.148. The first kappa shape index (κ1) is 20.2. The Morgan fingerprint density at radius 3 is 2.67 bits per heavy atom. The van der Waals surface area contributed by atoms with Gasteiger partial charge in [-0.05, 0) is 36.8 Å². The molecule has 9 heteroatoms. The molecule has 1 amide bonds. The molecular weight excluding hydrogens is 405 g/mol. The van der Waals surface area contributed by atoms with Crippen LogP contribution in [0, 0.1) is 5.82 Å². The van der Waals surface area contributed by atoms with Crippen LogP contribution in [0.3, 0.4) is 0 Å². The summed E-state index contributed by atoms with van der Waals surface area (Å²) in [6, 6.07) is 13.3. The van der Waals surface area contributed by atoms with Crippen molar-refractivity contribution in [3.8, 4) is 5.75 Å². The number of carbonyl (C=O) groups excluding carboxylic acids is 1. The van der Waals surface area contributed by atoms with Crippen molar-refractivity contribution in [3.63, 3.8) is 0 Å². The number of nitrogens with one attached hydrogen (secondary N) is 2. The van der Waals surface area contributed by atoms with Crippen LogP contribution >= 0.6 is 11.8 Å². The lowest BCUT2D eigenvalue weighted by Gasteiger charge is -2.33. The molecule has 1 aliphatic rings. The molecule has 2 aromatic carbocycles. The number of ether oxygens (including phenoxy) is 1. The number of hydrogen-bond donors (Lipinski definition) is 2. The number of anilines is 1. The highest BCUT2D eigenvalue weighted by Crippen LogP contribution is 2.38. The molecule has 7 nitrogen and oxygen atoms in total. The van der Waals surface area contributed by atoms with Gasteiger partial charge in [0.1, 0.15) is 16.8 Å². The zero-order valence-corrected chi connectivity index (χ0v) is 17.4. The van der Waals surface area contributed by atoms with Gasteiger partial charge in [0.2, 0.25) is 11.1 Å². The summed E-state index contributed by atoms with van der Waals surface area (Å²) < 4.78 is 21.4. The Morgan fingerprint density at radius 2 is 1.97 bits per heavy atom. The van der Waals surface area contributed by atoms with Crippen LogP contribution in [0.4, 0.5) is 10.1 Å². The molecule has 2 heterocycles. The predicted molar refractivity (Wildman–Crippen MR) is 114 cm³/mol. The van der Waals surface area contributed by atoms with Gasteiger partial charge in [-0.25, -0.2) is 9.07 Å². The van der Waals surface area contributed by atoms with E-state index in [1.54, 1.807) is 12.1 Å². The fourth-order valence-corrected chi connectivity index (χ4v) is 4.38. The van der Waals surface area contributed by atoms with Crippen LogP contribution in [-0.4, -0.2) is 32.6 Å². The summed E-state index contributed by atoms with van der Waals surface area (Å²) in [5, 5.41) is 11.1. The normalized spacial score (nSPS) is 17.7. The third-order valence-corrected chi connectivity index (χ3v) is 5.98. The second-order valence-corrected chi connectivity index (χ2v) is 7.81. The first-order valence-electron chi connectivity index (χ1n) is 9.76. The minimum Gasteiger partial charge on any atom is -0.494 e. The second kappa shape index (κ2) is 8.74. The van der Waals surface area contributed by atoms with Crippen molar-refractivity contribution in [3.05, 3.63) is 65.7 Å². The first-order chi connectivity index (χ1) is 14.6. The van der Waals surface area contributed by atoms with Crippen LogP contribution < -0.4 is 15.5 Å². The Bertz CT molecular complexity index is 1040. The maximum atomic E-state index is 14.1. The van der Waals surface area contributed by atoms with Crippen LogP contribution in [0.2, 0.25) is 0 Å². The number of halogens is 1. The number of amides is 1. The van der Waals surface area contributed by atoms with E-state index in [0.29, 0.717) is 18.2 Å². The number of carbonyl (C=O) groups is 1. The SMILES string of the molecule is CCOc1ccc([C@H]2Nn3c(CC)nnc3S[C@H]2C(=O)Nc2ccccc2F)cc1. The summed E-state index contributed by atoms with van der Waals surface area (Å²) in [7, 11) is 0. The van der Waals surface area contributed by atoms with Crippen LogP contribution in [-0.2, 0) is 11.2 Å². The van der Waals surface area contributed by atoms with E-state index in [1.807, 2.05) is 42.8 Å². The largest absolute Gasteiger partial charge is 0.494 e. The van der Waals surface area contributed by atoms with Crippen LogP contribution in [0.25, 0.3) is 0 Å². The van der Waals surface area contributed by atoms with Crippen molar-refractivity contribution in [2.75, 3.05) is 17.3 Å². The van der Waals surface area contributed by atoms with Gasteiger partial charge in [0.25, 0.3) is 0 Å². The lowest BCUT2D eigenvalue weighted by molar-refractivity contribution is -0.116. The van der Waals surface area contributed by atoms with Crippen molar-refractivity contribution in [1.29, 1.82) is 0 Å². The molecule has 0 aliphatic carbocycles. The Labute approximate surface area is 178 Å². The number of aromatic nitrogens is 3. The smallest absolute Gasteiger partial charge is 0.240 e. The molecule has 0 saturated carbocycles. The van der Waals surface area contributed by atoms with Crippen molar-refractivity contribution >= 4 is 23.4 Å². The summed E-state index contributed by atoms with van der Waals surface area (Å²) in [5.74, 6) is 0.746. The molecule has 3 aromatic rings. The van der Waals surface area contributed by atoms with Gasteiger partial charge in [0, 0.05) is 6.42 Å². The maximum absolute atomic E-state index is 14.1. The van der Waals surface area contributed by atoms with E-state index in [0.717, 1.165) is 17.1 Å². The quantitative estimate of drug-likeness (QED) is 0.623. The summed E-state index contributed by atoms with van der Waals surface area (Å²) in [6.07, 6.45) is 0.697. The molecule has 2 N–H and O–H groups in total. The molecule has 1 aromatic heterocycles. The lowest BCUT2D eigenvalue weighted by Crippen LogP contribution is -2.41. The Kier molecular flexibility index (Phi) is 5.89. The third kappa shape index (κ3) is 3.97. The van der Waals surface area contributed by atoms with Crippen molar-refractivity contribution in [2.45, 2.75) is 36.7 Å². The first-order valence-corrected chi connectivity index (χ1v) is 10.6. The van der Waals surface area contributed by atoms with Crippen molar-refractivity contribution < 1.29 is 13.9 Å². The number of hydrogen-bond acceptors (Lipinski definition) is 6. The van der Waals surface area contributed by atoms with Gasteiger partial charge in [0.05, 0.1) is 18.3 Å². The van der Waals surface area contributed by atoms with Crippen LogP contribution in [0.5, 0.6) is 5.75 Å². The van der Waals surface area contributed by atoms with E-state index in [9.17, 15) is 9.18 Å². The van der Waals surface area contributed by atoms with Gasteiger partial charge in [-0.2, -0.15) is 0 Å². The second-order valence-electron chi connectivity index (χ2n) is 6.70. The number of thioether (sulfide) groups is 1. The highest BCUT2D eigenvalue weighted by Gasteiger charge is 2.37. The maximum Gasteiger partial charge on any atom is 0.240 e. The van der Waals surface area contributed by atoms with Gasteiger partial charge < -0.3 is 15.5 Å². The molecule has 0 spiro atoms. The molecule has 0 saturated heterocycles. The molecular formula is C21H22FN5O2S. The Morgan fingerprint density at radius 1 is 1.20 bits per heavy atom. The fourth-order valence-electron chi connectivity index (χ4n) is 3.28. The molecule has 2 atom stereocenters. The van der Waals surface area contributed by atoms with Crippen molar-refractivity contribution in [2.24, 2.45) is 0 Å². The van der Waals surface area contributed by atoms with Crippen LogP contribution in [0.15, 0.2) is 53.7 Å². The molecule has 0 radical (unpaired) electrons. The summed E-state index contributed by atoms with van der Waals surface area (Å²) in [4.78, 5) is 13.1. The van der Waals surface area contributed by atoms with E-state index in [-0.39, 0.29) is 17.6 Å². The van der Waals surface area contributed by atoms with E-state index in [4.69, 9.17) is 4.74 Å². The fraction of sp³-hybridized carbons (Fsp3) is 0.286. The third-order valence-electron chi connectivity index (χ3n) is 4.76. The van der Waals surface area contributed by atoms with E-state index in [1.165, 1.54) is 23.9 Å². The van der Waals surface area contributed by atoms with Crippen molar-refractivity contribution in [1.82, 2.24) is 14.9 Å². The van der Waals surface area contributed by atoms with Gasteiger partial charge in [0.15, 0.2) is 5.82 Å². The predicted octanol–water partition coefficient (Wildman–Crippen LogP) is 3.78.